The molecule has 1 N–H and O–H groups in total. The van der Waals surface area contributed by atoms with Crippen molar-refractivity contribution in [2.75, 3.05) is 6.54 Å². The van der Waals surface area contributed by atoms with E-state index in [-0.39, 0.29) is 11.5 Å². The zero-order chi connectivity index (χ0) is 19.7. The second-order valence-electron chi connectivity index (χ2n) is 7.61. The van der Waals surface area contributed by atoms with E-state index in [2.05, 4.69) is 21.3 Å². The Morgan fingerprint density at radius 2 is 2.00 bits per heavy atom. The zero-order valence-corrected chi connectivity index (χ0v) is 20.3. The van der Waals surface area contributed by atoms with Crippen molar-refractivity contribution >= 4 is 37.0 Å². The van der Waals surface area contributed by atoms with Gasteiger partial charge >= 0.3 is 177 Å². The van der Waals surface area contributed by atoms with Gasteiger partial charge in [-0.2, -0.15) is 0 Å². The molecule has 28 heavy (non-hydrogen) atoms. The molecule has 4 nitrogen and oxygen atoms in total. The Morgan fingerprint density at radius 1 is 1.21 bits per heavy atom. The summed E-state index contributed by atoms with van der Waals surface area (Å²) in [6.45, 7) is 1.34. The van der Waals surface area contributed by atoms with Gasteiger partial charge in [0.1, 0.15) is 0 Å². The summed E-state index contributed by atoms with van der Waals surface area (Å²) < 4.78 is 2.94. The number of nitrogens with zero attached hydrogens (tertiary/aromatic N) is 1. The van der Waals surface area contributed by atoms with Crippen molar-refractivity contribution in [1.82, 2.24) is 9.88 Å². The molecule has 144 valence electrons. The predicted octanol–water partition coefficient (Wildman–Crippen LogP) is 4.02. The second-order valence-corrected chi connectivity index (χ2v) is 18.1. The first-order chi connectivity index (χ1) is 13.6. The zero-order valence-electron chi connectivity index (χ0n) is 16.2. The Bertz CT molecular complexity index is 1070. The van der Waals surface area contributed by atoms with Gasteiger partial charge in [0, 0.05) is 0 Å². The molecule has 2 aromatic heterocycles. The van der Waals surface area contributed by atoms with Crippen molar-refractivity contribution in [3.8, 4) is 21.7 Å². The molecule has 0 atom stereocenters. The third-order valence-electron chi connectivity index (χ3n) is 5.19. The van der Waals surface area contributed by atoms with Gasteiger partial charge in [-0.15, -0.1) is 0 Å². The van der Waals surface area contributed by atoms with E-state index in [1.54, 1.807) is 22.0 Å². The normalized spacial score (nSPS) is 12.5. The first-order valence-electron chi connectivity index (χ1n) is 9.74. The third kappa shape index (κ3) is 3.70. The number of carbonyl (C=O) groups excluding carboxylic acids is 1. The predicted molar refractivity (Wildman–Crippen MR) is 119 cm³/mol. The number of rotatable bonds is 5. The number of hydrogen-bond donors (Lipinski definition) is 1. The molecule has 0 bridgehead atoms. The van der Waals surface area contributed by atoms with E-state index in [4.69, 9.17) is 0 Å². The fourth-order valence-corrected chi connectivity index (χ4v) is 6.75. The molecule has 1 aliphatic rings. The molecule has 0 unspecified atom stereocenters. The Kier molecular flexibility index (Phi) is 5.73. The molecule has 3 aromatic rings. The van der Waals surface area contributed by atoms with Gasteiger partial charge in [0.15, 0.2) is 0 Å². The van der Waals surface area contributed by atoms with E-state index in [1.807, 2.05) is 35.7 Å². The Morgan fingerprint density at radius 3 is 2.75 bits per heavy atom. The SMILES string of the molecule is [CH3][SnH]([CH3])[CH2]CNC(=O)c1cc(-c2ccccc2)c(=O)n2c1-c1sccc1CC2. The summed E-state index contributed by atoms with van der Waals surface area (Å²) in [5, 5.41) is 5.15. The van der Waals surface area contributed by atoms with Gasteiger partial charge in [-0.3, -0.25) is 0 Å². The number of fused-ring (bicyclic) bond motifs is 3. The molecule has 1 aromatic carbocycles. The molecule has 0 aliphatic carbocycles. The average Bonchev–Trinajstić information content (AvgIpc) is 3.17. The summed E-state index contributed by atoms with van der Waals surface area (Å²) in [4.78, 5) is 32.1. The average molecular weight is 499 g/mol. The van der Waals surface area contributed by atoms with E-state index in [1.165, 1.54) is 5.56 Å². The van der Waals surface area contributed by atoms with Crippen LogP contribution in [0.25, 0.3) is 21.7 Å². The molecule has 0 saturated heterocycles. The molecule has 0 spiro atoms. The molecular formula is C22H24N2O2SSn. The minimum atomic E-state index is -1.37. The van der Waals surface area contributed by atoms with Gasteiger partial charge in [0.05, 0.1) is 0 Å². The number of pyridine rings is 1. The monoisotopic (exact) mass is 500 g/mol. The maximum atomic E-state index is 13.3. The van der Waals surface area contributed by atoms with Crippen LogP contribution in [0.15, 0.2) is 52.6 Å². The third-order valence-corrected chi connectivity index (χ3v) is 10.3. The van der Waals surface area contributed by atoms with E-state index in [9.17, 15) is 9.59 Å². The molecule has 0 fully saturated rings. The first kappa shape index (κ1) is 19.5. The summed E-state index contributed by atoms with van der Waals surface area (Å²) >= 11 is 0.242. The van der Waals surface area contributed by atoms with Crippen molar-refractivity contribution in [3.05, 3.63) is 69.3 Å². The first-order valence-corrected chi connectivity index (χ1v) is 19.5. The topological polar surface area (TPSA) is 51.1 Å². The summed E-state index contributed by atoms with van der Waals surface area (Å²) in [5.41, 5.74) is 4.05. The molecule has 0 radical (unpaired) electrons. The van der Waals surface area contributed by atoms with Crippen molar-refractivity contribution < 1.29 is 4.79 Å². The van der Waals surface area contributed by atoms with Crippen LogP contribution < -0.4 is 10.9 Å². The van der Waals surface area contributed by atoms with Crippen molar-refractivity contribution in [2.45, 2.75) is 27.3 Å². The van der Waals surface area contributed by atoms with Crippen LogP contribution in [0.1, 0.15) is 15.9 Å². The number of benzene rings is 1. The van der Waals surface area contributed by atoms with Crippen LogP contribution in [0.3, 0.4) is 0 Å². The minimum absolute atomic E-state index is 0.0184. The molecule has 1 amide bonds. The number of aryl methyl sites for hydroxylation is 1. The van der Waals surface area contributed by atoms with Gasteiger partial charge in [-0.05, 0) is 0 Å². The summed E-state index contributed by atoms with van der Waals surface area (Å²) in [5.74, 6) is -0.0749. The molecule has 6 heteroatoms. The van der Waals surface area contributed by atoms with Gasteiger partial charge in [0.2, 0.25) is 0 Å². The van der Waals surface area contributed by atoms with Crippen LogP contribution in [0.2, 0.25) is 14.3 Å². The number of carbonyl (C=O) groups is 1. The Hall–Kier alpha value is -1.86. The molecule has 0 saturated carbocycles. The molecule has 3 heterocycles. The van der Waals surface area contributed by atoms with Crippen LogP contribution in [0.4, 0.5) is 0 Å². The quantitative estimate of drug-likeness (QED) is 0.540. The second kappa shape index (κ2) is 8.25. The van der Waals surface area contributed by atoms with Crippen molar-refractivity contribution in [1.29, 1.82) is 0 Å². The summed E-state index contributed by atoms with van der Waals surface area (Å²) in [6.07, 6.45) is 0.826. The van der Waals surface area contributed by atoms with Crippen molar-refractivity contribution in [2.24, 2.45) is 0 Å². The van der Waals surface area contributed by atoms with E-state index in [0.717, 1.165) is 33.5 Å². The molecular weight excluding hydrogens is 475 g/mol. The van der Waals surface area contributed by atoms with Gasteiger partial charge in [0.25, 0.3) is 0 Å². The number of aromatic nitrogens is 1. The van der Waals surface area contributed by atoms with E-state index in [0.29, 0.717) is 17.7 Å². The maximum absolute atomic E-state index is 13.3. The summed E-state index contributed by atoms with van der Waals surface area (Å²) in [6, 6.07) is 13.5. The van der Waals surface area contributed by atoms with Crippen LogP contribution >= 0.6 is 11.3 Å². The fourth-order valence-electron chi connectivity index (χ4n) is 3.66. The molecule has 4 rings (SSSR count). The Labute approximate surface area is 176 Å². The molecule has 1 aliphatic heterocycles. The number of amides is 1. The van der Waals surface area contributed by atoms with Crippen LogP contribution in [-0.2, 0) is 13.0 Å². The standard InChI is InChI=1S/C20H17N2O2S.2CH3.Sn.H/c1-2-21-19(23)16-12-15(13-6-4-3-5-7-13)20(24)22-10-8-14-9-11-25-18(14)17(16)22;;;;/h3-7,9,11-12H,1-2,8,10H2,(H,21,23);2*1H3;;. The Balaban J connectivity index is 1.86. The van der Waals surface area contributed by atoms with Crippen LogP contribution in [0.5, 0.6) is 0 Å². The van der Waals surface area contributed by atoms with Gasteiger partial charge in [-0.1, -0.05) is 0 Å². The number of thiophene rings is 1. The van der Waals surface area contributed by atoms with E-state index < -0.39 is 19.8 Å². The number of hydrogen-bond acceptors (Lipinski definition) is 3. The van der Waals surface area contributed by atoms with Gasteiger partial charge in [-0.25, -0.2) is 0 Å². The van der Waals surface area contributed by atoms with Gasteiger partial charge < -0.3 is 0 Å². The fraction of sp³-hybridized carbons (Fsp3) is 0.273. The summed E-state index contributed by atoms with van der Waals surface area (Å²) in [7, 11) is 0. The van der Waals surface area contributed by atoms with Crippen molar-refractivity contribution in [3.63, 3.8) is 0 Å². The van der Waals surface area contributed by atoms with E-state index >= 15 is 0 Å². The van der Waals surface area contributed by atoms with Crippen LogP contribution in [0, 0.1) is 0 Å². The number of nitrogens with one attached hydrogen (secondary N) is 1. The van der Waals surface area contributed by atoms with Crippen LogP contribution in [-0.4, -0.2) is 36.8 Å².